The summed E-state index contributed by atoms with van der Waals surface area (Å²) >= 11 is 6.38. The summed E-state index contributed by atoms with van der Waals surface area (Å²) in [4.78, 5) is 12.9. The normalized spacial score (nSPS) is 12.0. The van der Waals surface area contributed by atoms with Gasteiger partial charge in [-0.3, -0.25) is 4.79 Å². The van der Waals surface area contributed by atoms with E-state index < -0.39 is 0 Å². The van der Waals surface area contributed by atoms with Gasteiger partial charge in [0.1, 0.15) is 5.69 Å². The van der Waals surface area contributed by atoms with Crippen molar-refractivity contribution in [3.8, 4) is 16.9 Å². The number of para-hydroxylation sites is 1. The summed E-state index contributed by atoms with van der Waals surface area (Å²) in [5.74, 6) is -0.160. The second-order valence-electron chi connectivity index (χ2n) is 6.86. The number of hydrogen-bond donors (Lipinski definition) is 1. The molecule has 1 N–H and O–H groups in total. The number of halogens is 1. The minimum absolute atomic E-state index is 0.0807. The van der Waals surface area contributed by atoms with Gasteiger partial charge in [-0.2, -0.15) is 5.10 Å². The van der Waals surface area contributed by atoms with Gasteiger partial charge < -0.3 is 5.32 Å². The van der Waals surface area contributed by atoms with E-state index in [4.69, 9.17) is 16.7 Å². The van der Waals surface area contributed by atoms with E-state index >= 15 is 0 Å². The highest BCUT2D eigenvalue weighted by Gasteiger charge is 2.20. The quantitative estimate of drug-likeness (QED) is 0.648. The Morgan fingerprint density at radius 3 is 2.56 bits per heavy atom. The molecule has 0 aliphatic rings. The van der Waals surface area contributed by atoms with Crippen molar-refractivity contribution >= 4 is 17.5 Å². The molecule has 0 saturated heterocycles. The molecule has 4 nitrogen and oxygen atoms in total. The van der Waals surface area contributed by atoms with E-state index in [9.17, 15) is 4.79 Å². The Kier molecular flexibility index (Phi) is 5.66. The molecule has 1 unspecified atom stereocenters. The number of aryl methyl sites for hydroxylation is 2. The van der Waals surface area contributed by atoms with Crippen LogP contribution >= 0.6 is 11.6 Å². The van der Waals surface area contributed by atoms with Crippen molar-refractivity contribution in [1.82, 2.24) is 15.1 Å². The van der Waals surface area contributed by atoms with Crippen molar-refractivity contribution in [2.24, 2.45) is 0 Å². The SMILES string of the molecule is CCC(C)NC(=O)c1cc(-c2ccc(C)c(C)c2)nn1-c1ccccc1Cl. The van der Waals surface area contributed by atoms with Gasteiger partial charge in [-0.05, 0) is 62.6 Å². The van der Waals surface area contributed by atoms with E-state index in [0.717, 1.165) is 17.7 Å². The average Bonchev–Trinajstić information content (AvgIpc) is 3.09. The van der Waals surface area contributed by atoms with Gasteiger partial charge in [0.25, 0.3) is 5.91 Å². The van der Waals surface area contributed by atoms with E-state index in [2.05, 4.69) is 31.3 Å². The van der Waals surface area contributed by atoms with Crippen LogP contribution in [0.15, 0.2) is 48.5 Å². The van der Waals surface area contributed by atoms with Gasteiger partial charge in [-0.25, -0.2) is 4.68 Å². The van der Waals surface area contributed by atoms with Gasteiger partial charge in [0.05, 0.1) is 16.4 Å². The predicted molar refractivity (Wildman–Crippen MR) is 111 cm³/mol. The first-order valence-electron chi connectivity index (χ1n) is 9.14. The van der Waals surface area contributed by atoms with Gasteiger partial charge in [0.15, 0.2) is 0 Å². The number of carbonyl (C=O) groups excluding carboxylic acids is 1. The molecule has 140 valence electrons. The number of amides is 1. The first-order chi connectivity index (χ1) is 12.9. The molecular formula is C22H24ClN3O. The number of carbonyl (C=O) groups is 1. The third-order valence-electron chi connectivity index (χ3n) is 4.82. The van der Waals surface area contributed by atoms with Crippen molar-refractivity contribution in [2.75, 3.05) is 0 Å². The lowest BCUT2D eigenvalue weighted by Crippen LogP contribution is -2.33. The second kappa shape index (κ2) is 7.97. The molecule has 0 radical (unpaired) electrons. The summed E-state index contributed by atoms with van der Waals surface area (Å²) in [5.41, 5.74) is 5.28. The molecule has 0 aliphatic heterocycles. The third kappa shape index (κ3) is 4.06. The maximum atomic E-state index is 12.9. The fourth-order valence-corrected chi connectivity index (χ4v) is 3.01. The van der Waals surface area contributed by atoms with Gasteiger partial charge in [-0.15, -0.1) is 0 Å². The van der Waals surface area contributed by atoms with E-state index in [-0.39, 0.29) is 11.9 Å². The predicted octanol–water partition coefficient (Wildman–Crippen LogP) is 5.34. The molecule has 1 aromatic heterocycles. The average molecular weight is 382 g/mol. The van der Waals surface area contributed by atoms with Gasteiger partial charge in [0.2, 0.25) is 0 Å². The van der Waals surface area contributed by atoms with Crippen molar-refractivity contribution in [3.05, 3.63) is 70.4 Å². The van der Waals surface area contributed by atoms with E-state index in [1.54, 1.807) is 10.7 Å². The first kappa shape index (κ1) is 19.2. The summed E-state index contributed by atoms with van der Waals surface area (Å²) in [6.45, 7) is 8.17. The minimum Gasteiger partial charge on any atom is -0.348 e. The smallest absolute Gasteiger partial charge is 0.270 e. The molecule has 27 heavy (non-hydrogen) atoms. The summed E-state index contributed by atoms with van der Waals surface area (Å²) in [6.07, 6.45) is 0.857. The van der Waals surface area contributed by atoms with Crippen LogP contribution in [-0.4, -0.2) is 21.7 Å². The Morgan fingerprint density at radius 2 is 1.89 bits per heavy atom. The lowest BCUT2D eigenvalue weighted by Gasteiger charge is -2.13. The Morgan fingerprint density at radius 1 is 1.15 bits per heavy atom. The van der Waals surface area contributed by atoms with E-state index in [0.29, 0.717) is 16.4 Å². The van der Waals surface area contributed by atoms with Crippen LogP contribution in [0.3, 0.4) is 0 Å². The minimum atomic E-state index is -0.160. The highest BCUT2D eigenvalue weighted by molar-refractivity contribution is 6.32. The van der Waals surface area contributed by atoms with Crippen LogP contribution in [0.1, 0.15) is 41.9 Å². The van der Waals surface area contributed by atoms with Crippen LogP contribution < -0.4 is 5.32 Å². The number of aromatic nitrogens is 2. The van der Waals surface area contributed by atoms with Crippen molar-refractivity contribution in [3.63, 3.8) is 0 Å². The Balaban J connectivity index is 2.12. The monoisotopic (exact) mass is 381 g/mol. The Labute approximate surface area is 165 Å². The van der Waals surface area contributed by atoms with Crippen molar-refractivity contribution in [2.45, 2.75) is 40.2 Å². The van der Waals surface area contributed by atoms with Crippen LogP contribution in [0.25, 0.3) is 16.9 Å². The molecule has 0 aliphatic carbocycles. The number of benzene rings is 2. The van der Waals surface area contributed by atoms with Crippen LogP contribution in [0, 0.1) is 13.8 Å². The lowest BCUT2D eigenvalue weighted by atomic mass is 10.0. The van der Waals surface area contributed by atoms with Gasteiger partial charge in [-0.1, -0.05) is 42.8 Å². The van der Waals surface area contributed by atoms with Crippen LogP contribution in [0.4, 0.5) is 0 Å². The van der Waals surface area contributed by atoms with Crippen molar-refractivity contribution < 1.29 is 4.79 Å². The Hall–Kier alpha value is -2.59. The standard InChI is InChI=1S/C22H24ClN3O/c1-5-16(4)24-22(27)21-13-19(17-11-10-14(2)15(3)12-17)25-26(21)20-9-7-6-8-18(20)23/h6-13,16H,5H2,1-4H3,(H,24,27). The molecule has 3 aromatic rings. The highest BCUT2D eigenvalue weighted by Crippen LogP contribution is 2.27. The lowest BCUT2D eigenvalue weighted by molar-refractivity contribution is 0.0931. The van der Waals surface area contributed by atoms with Crippen molar-refractivity contribution in [1.29, 1.82) is 0 Å². The largest absolute Gasteiger partial charge is 0.348 e. The first-order valence-corrected chi connectivity index (χ1v) is 9.52. The molecule has 2 aromatic carbocycles. The molecule has 1 heterocycles. The zero-order valence-electron chi connectivity index (χ0n) is 16.1. The van der Waals surface area contributed by atoms with Gasteiger partial charge in [0, 0.05) is 11.6 Å². The van der Waals surface area contributed by atoms with Crippen LogP contribution in [0.2, 0.25) is 5.02 Å². The fourth-order valence-electron chi connectivity index (χ4n) is 2.79. The maximum absolute atomic E-state index is 12.9. The molecule has 3 rings (SSSR count). The number of rotatable bonds is 5. The van der Waals surface area contributed by atoms with Crippen LogP contribution in [-0.2, 0) is 0 Å². The maximum Gasteiger partial charge on any atom is 0.270 e. The molecule has 0 bridgehead atoms. The summed E-state index contributed by atoms with van der Waals surface area (Å²) in [7, 11) is 0. The fraction of sp³-hybridized carbons (Fsp3) is 0.273. The third-order valence-corrected chi connectivity index (χ3v) is 5.13. The number of nitrogens with zero attached hydrogens (tertiary/aromatic N) is 2. The topological polar surface area (TPSA) is 46.9 Å². The summed E-state index contributed by atoms with van der Waals surface area (Å²) < 4.78 is 1.63. The van der Waals surface area contributed by atoms with E-state index in [1.165, 1.54) is 11.1 Å². The molecule has 0 spiro atoms. The second-order valence-corrected chi connectivity index (χ2v) is 7.27. The molecule has 5 heteroatoms. The number of hydrogen-bond acceptors (Lipinski definition) is 2. The van der Waals surface area contributed by atoms with Gasteiger partial charge >= 0.3 is 0 Å². The highest BCUT2D eigenvalue weighted by atomic mass is 35.5. The zero-order valence-corrected chi connectivity index (χ0v) is 16.8. The summed E-state index contributed by atoms with van der Waals surface area (Å²) in [5, 5.41) is 8.27. The molecular weight excluding hydrogens is 358 g/mol. The Bertz CT molecular complexity index is 977. The molecule has 0 fully saturated rings. The zero-order chi connectivity index (χ0) is 19.6. The molecule has 1 amide bonds. The number of nitrogens with one attached hydrogen (secondary N) is 1. The van der Waals surface area contributed by atoms with Crippen LogP contribution in [0.5, 0.6) is 0 Å². The van der Waals surface area contributed by atoms with E-state index in [1.807, 2.05) is 44.2 Å². The molecule has 1 atom stereocenters. The summed E-state index contributed by atoms with van der Waals surface area (Å²) in [6, 6.07) is 15.5. The molecule has 0 saturated carbocycles.